The molecule has 1 saturated heterocycles. The highest BCUT2D eigenvalue weighted by Gasteiger charge is 2.30. The largest absolute Gasteiger partial charge is 0.744 e. The van der Waals surface area contributed by atoms with E-state index in [4.69, 9.17) is 0 Å². The molecule has 1 aliphatic heterocycles. The standard InChI is InChI=1S/C22H41IN.C7H8O3S/c1-2-3-4-5-6-7-8-9-10-11-12-13-14-19-24(22-17-18-23)20-15-16-21-24;1-6-2-4-7(5-3-6)11(8,9)10/h2-16,19-22H2,1H3;2-5H,1H3,(H,8,9,10)/q+1;/p-1. The lowest BCUT2D eigenvalue weighted by atomic mass is 10.0. The summed E-state index contributed by atoms with van der Waals surface area (Å²) < 4.78 is 35.5. The lowest BCUT2D eigenvalue weighted by Crippen LogP contribution is -2.46. The fourth-order valence-electron chi connectivity index (χ4n) is 4.83. The van der Waals surface area contributed by atoms with Crippen LogP contribution in [-0.2, 0) is 10.1 Å². The molecule has 0 bridgehead atoms. The molecule has 0 spiro atoms. The summed E-state index contributed by atoms with van der Waals surface area (Å²) in [6, 6.07) is 5.78. The highest BCUT2D eigenvalue weighted by Crippen LogP contribution is 2.21. The van der Waals surface area contributed by atoms with Gasteiger partial charge in [-0.2, -0.15) is 0 Å². The lowest BCUT2D eigenvalue weighted by molar-refractivity contribution is -0.910. The number of quaternary nitrogens is 1. The van der Waals surface area contributed by atoms with E-state index in [1.807, 2.05) is 6.92 Å². The van der Waals surface area contributed by atoms with Crippen LogP contribution in [-0.4, -0.2) is 43.6 Å². The molecule has 6 heteroatoms. The average molecular weight is 618 g/mol. The number of nitrogens with zero attached hydrogens (tertiary/aromatic N) is 1. The van der Waals surface area contributed by atoms with E-state index in [0.717, 1.165) is 12.1 Å². The van der Waals surface area contributed by atoms with Crippen LogP contribution >= 0.6 is 22.6 Å². The summed E-state index contributed by atoms with van der Waals surface area (Å²) in [5, 5.41) is 0. The number of hydrogen-bond donors (Lipinski definition) is 0. The molecule has 0 N–H and O–H groups in total. The zero-order valence-electron chi connectivity index (χ0n) is 22.2. The number of benzene rings is 1. The van der Waals surface area contributed by atoms with E-state index in [0.29, 0.717) is 0 Å². The van der Waals surface area contributed by atoms with Crippen molar-refractivity contribution in [2.24, 2.45) is 0 Å². The Morgan fingerprint density at radius 2 is 1.29 bits per heavy atom. The van der Waals surface area contributed by atoms with E-state index < -0.39 is 10.1 Å². The summed E-state index contributed by atoms with van der Waals surface area (Å²) in [5.41, 5.74) is 0.928. The Labute approximate surface area is 230 Å². The first-order chi connectivity index (χ1) is 16.8. The maximum atomic E-state index is 10.4. The van der Waals surface area contributed by atoms with Crippen molar-refractivity contribution in [1.82, 2.24) is 0 Å². The molecule has 2 rings (SSSR count). The number of likely N-dealkylation sites (tertiary alicyclic amines) is 1. The molecule has 1 aromatic carbocycles. The van der Waals surface area contributed by atoms with Crippen molar-refractivity contribution in [2.75, 3.05) is 26.2 Å². The Morgan fingerprint density at radius 3 is 1.71 bits per heavy atom. The molecular weight excluding hydrogens is 569 g/mol. The Bertz CT molecular complexity index is 822. The van der Waals surface area contributed by atoms with Crippen LogP contribution in [0.3, 0.4) is 0 Å². The average Bonchev–Trinajstić information content (AvgIpc) is 3.30. The third-order valence-electron chi connectivity index (χ3n) is 7.04. The molecule has 1 aliphatic rings. The molecule has 4 nitrogen and oxygen atoms in total. The first-order valence-corrected chi connectivity index (χ1v) is 16.3. The van der Waals surface area contributed by atoms with Crippen molar-refractivity contribution in [2.45, 2.75) is 115 Å². The molecule has 0 radical (unpaired) electrons. The van der Waals surface area contributed by atoms with Gasteiger partial charge < -0.3 is 9.04 Å². The summed E-state index contributed by atoms with van der Waals surface area (Å²) in [6.07, 6.45) is 21.7. The Morgan fingerprint density at radius 1 is 0.829 bits per heavy atom. The second kappa shape index (κ2) is 19.5. The first-order valence-electron chi connectivity index (χ1n) is 13.8. The minimum absolute atomic E-state index is 0.178. The summed E-state index contributed by atoms with van der Waals surface area (Å²) in [6.45, 7) is 9.35. The van der Waals surface area contributed by atoms with Crippen LogP contribution in [0.5, 0.6) is 0 Å². The second-order valence-corrected chi connectivity index (χ2v) is 12.1. The molecule has 200 valence electrons. The predicted octanol–water partition coefficient (Wildman–Crippen LogP) is 7.98. The fourth-order valence-corrected chi connectivity index (χ4v) is 5.47. The van der Waals surface area contributed by atoms with Gasteiger partial charge in [0.2, 0.25) is 0 Å². The van der Waals surface area contributed by atoms with E-state index in [9.17, 15) is 13.0 Å². The Hall–Kier alpha value is -0.620. The van der Waals surface area contributed by atoms with Crippen molar-refractivity contribution in [3.05, 3.63) is 29.8 Å². The number of unbranched alkanes of at least 4 members (excludes halogenated alkanes) is 12. The molecule has 35 heavy (non-hydrogen) atoms. The molecule has 1 fully saturated rings. The fraction of sp³-hybridized carbons (Fsp3) is 0.724. The van der Waals surface area contributed by atoms with Crippen LogP contribution in [0.15, 0.2) is 29.2 Å². The van der Waals surface area contributed by atoms with Crippen molar-refractivity contribution >= 4 is 32.7 Å². The second-order valence-electron chi connectivity index (χ2n) is 10.2. The van der Waals surface area contributed by atoms with E-state index >= 15 is 0 Å². The lowest BCUT2D eigenvalue weighted by Gasteiger charge is -2.32. The molecule has 0 atom stereocenters. The van der Waals surface area contributed by atoms with Crippen molar-refractivity contribution in [3.8, 4) is 9.85 Å². The zero-order chi connectivity index (χ0) is 25.8. The van der Waals surface area contributed by atoms with Crippen LogP contribution in [0, 0.1) is 16.8 Å². The van der Waals surface area contributed by atoms with Crippen LogP contribution in [0.1, 0.15) is 109 Å². The van der Waals surface area contributed by atoms with E-state index in [-0.39, 0.29) is 4.90 Å². The molecule has 0 aliphatic carbocycles. The number of rotatable bonds is 16. The molecule has 0 aromatic heterocycles. The van der Waals surface area contributed by atoms with Crippen molar-refractivity contribution in [1.29, 1.82) is 0 Å². The van der Waals surface area contributed by atoms with Gasteiger partial charge >= 0.3 is 0 Å². The van der Waals surface area contributed by atoms with Gasteiger partial charge in [-0.25, -0.2) is 8.42 Å². The number of hydrogen-bond acceptors (Lipinski definition) is 3. The topological polar surface area (TPSA) is 57.2 Å². The van der Waals surface area contributed by atoms with Gasteiger partial charge in [-0.1, -0.05) is 95.2 Å². The SMILES string of the molecule is CCCCCCCCCCCCCCC[N+]1(CC#CI)CCCC1.Cc1ccc(S(=O)(=O)[O-])cc1. The summed E-state index contributed by atoms with van der Waals surface area (Å²) >= 11 is 2.19. The normalized spacial score (nSPS) is 14.6. The monoisotopic (exact) mass is 617 g/mol. The van der Waals surface area contributed by atoms with Gasteiger partial charge in [0.15, 0.2) is 0 Å². The molecule has 0 unspecified atom stereocenters. The van der Waals surface area contributed by atoms with Gasteiger partial charge in [0.1, 0.15) is 16.7 Å². The third kappa shape index (κ3) is 16.0. The maximum Gasteiger partial charge on any atom is 0.141 e. The van der Waals surface area contributed by atoms with Gasteiger partial charge in [0, 0.05) is 35.4 Å². The molecular formula is C29H48INO3S. The Kier molecular flexibility index (Phi) is 18.0. The van der Waals surface area contributed by atoms with Crippen LogP contribution in [0.4, 0.5) is 0 Å². The van der Waals surface area contributed by atoms with E-state index in [1.165, 1.54) is 133 Å². The van der Waals surface area contributed by atoms with Crippen LogP contribution in [0.2, 0.25) is 0 Å². The van der Waals surface area contributed by atoms with Crippen LogP contribution < -0.4 is 0 Å². The smallest absolute Gasteiger partial charge is 0.141 e. The number of halogens is 1. The minimum atomic E-state index is -4.27. The van der Waals surface area contributed by atoms with E-state index in [2.05, 4.69) is 39.4 Å². The first kappa shape index (κ1) is 32.4. The predicted molar refractivity (Wildman–Crippen MR) is 156 cm³/mol. The quantitative estimate of drug-likeness (QED) is 0.0622. The van der Waals surface area contributed by atoms with Gasteiger partial charge in [0.25, 0.3) is 0 Å². The van der Waals surface area contributed by atoms with Gasteiger partial charge in [-0.15, -0.1) is 0 Å². The highest BCUT2D eigenvalue weighted by molar-refractivity contribution is 14.1. The van der Waals surface area contributed by atoms with Gasteiger partial charge in [-0.3, -0.25) is 0 Å². The summed E-state index contributed by atoms with van der Waals surface area (Å²) in [5.74, 6) is 3.34. The number of aryl methyl sites for hydroxylation is 1. The molecule has 0 amide bonds. The minimum Gasteiger partial charge on any atom is -0.744 e. The molecule has 0 saturated carbocycles. The summed E-state index contributed by atoms with van der Waals surface area (Å²) in [4.78, 5) is -0.178. The zero-order valence-corrected chi connectivity index (χ0v) is 25.2. The molecule has 1 aromatic rings. The van der Waals surface area contributed by atoms with Gasteiger partial charge in [0.05, 0.1) is 24.5 Å². The Balaban J connectivity index is 0.000000462. The highest BCUT2D eigenvalue weighted by atomic mass is 127. The summed E-state index contributed by atoms with van der Waals surface area (Å²) in [7, 11) is -4.27. The third-order valence-corrected chi connectivity index (χ3v) is 8.27. The van der Waals surface area contributed by atoms with E-state index in [1.54, 1.807) is 12.1 Å². The van der Waals surface area contributed by atoms with Crippen molar-refractivity contribution in [3.63, 3.8) is 0 Å². The van der Waals surface area contributed by atoms with Crippen LogP contribution in [0.25, 0.3) is 0 Å². The van der Waals surface area contributed by atoms with Gasteiger partial charge in [-0.05, 0) is 41.7 Å². The maximum absolute atomic E-state index is 10.4. The van der Waals surface area contributed by atoms with Crippen molar-refractivity contribution < 1.29 is 17.5 Å². The molecule has 1 heterocycles.